The number of nitrogens with zero attached hydrogens (tertiary/aromatic N) is 4. The predicted molar refractivity (Wildman–Crippen MR) is 141 cm³/mol. The summed E-state index contributed by atoms with van der Waals surface area (Å²) in [5.74, 6) is 0.584. The van der Waals surface area contributed by atoms with Crippen molar-refractivity contribution in [1.29, 1.82) is 0 Å². The lowest BCUT2D eigenvalue weighted by molar-refractivity contribution is 0.0730. The van der Waals surface area contributed by atoms with Crippen LogP contribution in [0.5, 0.6) is 0 Å². The Balaban J connectivity index is 1.53. The van der Waals surface area contributed by atoms with Crippen molar-refractivity contribution >= 4 is 39.1 Å². The van der Waals surface area contributed by atoms with Gasteiger partial charge in [0.15, 0.2) is 5.82 Å². The van der Waals surface area contributed by atoms with Gasteiger partial charge in [0.25, 0.3) is 5.91 Å². The highest BCUT2D eigenvalue weighted by atomic mass is 32.2. The van der Waals surface area contributed by atoms with E-state index in [1.54, 1.807) is 12.1 Å². The van der Waals surface area contributed by atoms with Gasteiger partial charge in [-0.2, -0.15) is 9.29 Å². The fourth-order valence-electron chi connectivity index (χ4n) is 4.04. The number of aliphatic hydroxyl groups is 1. The fourth-order valence-corrected chi connectivity index (χ4v) is 5.45. The largest absolute Gasteiger partial charge is 0.393 e. The van der Waals surface area contributed by atoms with Crippen molar-refractivity contribution in [1.82, 2.24) is 14.3 Å². The summed E-state index contributed by atoms with van der Waals surface area (Å²) in [5.41, 5.74) is 1.52. The van der Waals surface area contributed by atoms with Crippen LogP contribution in [0.3, 0.4) is 0 Å². The normalized spacial score (nSPS) is 19.0. The average molecular weight is 531 g/mol. The summed E-state index contributed by atoms with van der Waals surface area (Å²) in [7, 11) is -3.62. The van der Waals surface area contributed by atoms with Crippen LogP contribution < -0.4 is 10.6 Å². The van der Waals surface area contributed by atoms with Crippen molar-refractivity contribution in [2.75, 3.05) is 43.5 Å². The Morgan fingerprint density at radius 2 is 1.86 bits per heavy atom. The van der Waals surface area contributed by atoms with Crippen molar-refractivity contribution in [3.63, 3.8) is 0 Å². The lowest BCUT2D eigenvalue weighted by Gasteiger charge is -2.26. The Labute approximate surface area is 217 Å². The first kappa shape index (κ1) is 27.1. The van der Waals surface area contributed by atoms with E-state index >= 15 is 0 Å². The first-order valence-corrected chi connectivity index (χ1v) is 14.0. The number of aromatic nitrogens is 2. The van der Waals surface area contributed by atoms with E-state index in [9.17, 15) is 18.3 Å². The summed E-state index contributed by atoms with van der Waals surface area (Å²) in [6.07, 6.45) is 3.65. The molecule has 3 N–H and O–H groups in total. The molecule has 2 heterocycles. The average Bonchev–Trinajstić information content (AvgIpc) is 2.89. The zero-order valence-electron chi connectivity index (χ0n) is 21.2. The quantitative estimate of drug-likeness (QED) is 0.472. The van der Waals surface area contributed by atoms with E-state index in [0.717, 1.165) is 5.71 Å². The maximum atomic E-state index is 13.2. The van der Waals surface area contributed by atoms with Gasteiger partial charge in [0, 0.05) is 37.2 Å². The monoisotopic (exact) mass is 530 g/mol. The summed E-state index contributed by atoms with van der Waals surface area (Å²) in [6.45, 7) is 6.18. The number of benzene rings is 1. The zero-order valence-corrected chi connectivity index (χ0v) is 22.0. The summed E-state index contributed by atoms with van der Waals surface area (Å²) in [5, 5.41) is 15.8. The van der Waals surface area contributed by atoms with Gasteiger partial charge in [0.1, 0.15) is 5.56 Å². The van der Waals surface area contributed by atoms with E-state index in [1.807, 2.05) is 0 Å². The molecule has 1 saturated heterocycles. The van der Waals surface area contributed by atoms with Gasteiger partial charge in [-0.3, -0.25) is 4.79 Å². The molecule has 0 atom stereocenters. The van der Waals surface area contributed by atoms with Crippen molar-refractivity contribution in [3.8, 4) is 0 Å². The van der Waals surface area contributed by atoms with Crippen LogP contribution in [0.1, 0.15) is 49.9 Å². The van der Waals surface area contributed by atoms with E-state index in [2.05, 4.69) is 39.4 Å². The first-order valence-electron chi connectivity index (χ1n) is 12.6. The number of morpholine rings is 1. The fraction of sp³-hybridized carbons (Fsp3) is 0.520. The zero-order chi connectivity index (χ0) is 26.4. The van der Waals surface area contributed by atoms with E-state index in [-0.39, 0.29) is 22.4 Å². The predicted octanol–water partition coefficient (Wildman–Crippen LogP) is 2.83. The van der Waals surface area contributed by atoms with E-state index in [1.165, 1.54) is 22.6 Å². The van der Waals surface area contributed by atoms with Crippen LogP contribution in [0.4, 0.5) is 17.5 Å². The van der Waals surface area contributed by atoms with Crippen molar-refractivity contribution in [2.24, 2.45) is 10.9 Å². The third-order valence-electron chi connectivity index (χ3n) is 6.20. The van der Waals surface area contributed by atoms with Crippen LogP contribution in [-0.2, 0) is 14.8 Å². The number of nitrogens with one attached hydrogen (secondary N) is 2. The number of amides is 1. The standard InChI is InChI=1S/C25H34N6O5S/c1-17(2)15-26-25-27-16-22(23(30-25)28-18-3-7-20(32)8-4-18)24(33)29-19-5-9-21(10-6-19)37(34,35)31-11-13-36-14-12-31/h5-6,9-10,16-17,20,32H,3-4,7-8,11-15H2,1-2H3,(H,29,33)(H,26,27,30). The molecule has 1 aromatic carbocycles. The minimum Gasteiger partial charge on any atom is -0.393 e. The van der Waals surface area contributed by atoms with Gasteiger partial charge in [-0.1, -0.05) is 13.8 Å². The number of ether oxygens (including phenoxy) is 1. The topological polar surface area (TPSA) is 146 Å². The smallest absolute Gasteiger partial charge is 0.261 e. The lowest BCUT2D eigenvalue weighted by Crippen LogP contribution is -2.40. The van der Waals surface area contributed by atoms with Crippen LogP contribution >= 0.6 is 0 Å². The van der Waals surface area contributed by atoms with Gasteiger partial charge in [-0.15, -0.1) is 0 Å². The van der Waals surface area contributed by atoms with Crippen LogP contribution in [0.15, 0.2) is 40.4 Å². The SMILES string of the molecule is CC(C)CNc1ncc(C(=O)Nc2ccc(S(=O)(=O)N3CCOCC3)cc2)c(N=C2CCC(O)CC2)n1. The third kappa shape index (κ3) is 7.10. The van der Waals surface area contributed by atoms with Crippen LogP contribution in [0, 0.1) is 5.92 Å². The molecule has 4 rings (SSSR count). The molecule has 200 valence electrons. The number of sulfonamides is 1. The van der Waals surface area contributed by atoms with Crippen molar-refractivity contribution in [2.45, 2.75) is 50.5 Å². The molecule has 37 heavy (non-hydrogen) atoms. The highest BCUT2D eigenvalue weighted by molar-refractivity contribution is 7.89. The molecule has 0 bridgehead atoms. The van der Waals surface area contributed by atoms with E-state index in [0.29, 0.717) is 76.1 Å². The Kier molecular flexibility index (Phi) is 8.85. The van der Waals surface area contributed by atoms with Crippen LogP contribution in [0.25, 0.3) is 0 Å². The minimum absolute atomic E-state index is 0.155. The molecule has 1 aliphatic heterocycles. The molecule has 0 unspecified atom stereocenters. The number of aliphatic imine (C=N–C) groups is 1. The maximum Gasteiger partial charge on any atom is 0.261 e. The third-order valence-corrected chi connectivity index (χ3v) is 8.11. The summed E-state index contributed by atoms with van der Waals surface area (Å²) in [6, 6.07) is 6.06. The molecule has 1 amide bonds. The van der Waals surface area contributed by atoms with E-state index < -0.39 is 15.9 Å². The van der Waals surface area contributed by atoms with E-state index in [4.69, 9.17) is 4.74 Å². The molecule has 0 spiro atoms. The van der Waals surface area contributed by atoms with Gasteiger partial charge < -0.3 is 20.5 Å². The van der Waals surface area contributed by atoms with Gasteiger partial charge in [-0.25, -0.2) is 18.4 Å². The molecule has 0 radical (unpaired) electrons. The molecule has 1 aliphatic carbocycles. The molecular weight excluding hydrogens is 496 g/mol. The number of carbonyl (C=O) groups excluding carboxylic acids is 1. The summed E-state index contributed by atoms with van der Waals surface area (Å²) < 4.78 is 32.3. The second kappa shape index (κ2) is 12.1. The van der Waals surface area contributed by atoms with Gasteiger partial charge in [0.2, 0.25) is 16.0 Å². The summed E-state index contributed by atoms with van der Waals surface area (Å²) >= 11 is 0. The lowest BCUT2D eigenvalue weighted by atomic mass is 9.96. The number of carbonyl (C=O) groups is 1. The number of hydrogen-bond acceptors (Lipinski definition) is 9. The number of rotatable bonds is 8. The van der Waals surface area contributed by atoms with Crippen molar-refractivity contribution in [3.05, 3.63) is 36.0 Å². The minimum atomic E-state index is -3.62. The molecule has 2 aromatic rings. The Bertz CT molecular complexity index is 1220. The molecule has 2 aliphatic rings. The first-order chi connectivity index (χ1) is 17.7. The highest BCUT2D eigenvalue weighted by Crippen LogP contribution is 2.25. The molecular formula is C25H34N6O5S. The van der Waals surface area contributed by atoms with Crippen LogP contribution in [-0.4, -0.2) is 78.4 Å². The molecule has 1 saturated carbocycles. The second-order valence-corrected chi connectivity index (χ2v) is 11.5. The van der Waals surface area contributed by atoms with Gasteiger partial charge in [0.05, 0.1) is 24.2 Å². The second-order valence-electron chi connectivity index (χ2n) is 9.61. The number of aliphatic hydroxyl groups excluding tert-OH is 1. The van der Waals surface area contributed by atoms with Gasteiger partial charge in [-0.05, 0) is 55.9 Å². The Hall–Kier alpha value is -2.93. The molecule has 2 fully saturated rings. The highest BCUT2D eigenvalue weighted by Gasteiger charge is 2.26. The number of hydrogen-bond donors (Lipinski definition) is 3. The molecule has 12 heteroatoms. The number of anilines is 2. The Morgan fingerprint density at radius 3 is 2.51 bits per heavy atom. The molecule has 1 aromatic heterocycles. The Morgan fingerprint density at radius 1 is 1.19 bits per heavy atom. The van der Waals surface area contributed by atoms with Crippen molar-refractivity contribution < 1.29 is 23.1 Å². The maximum absolute atomic E-state index is 13.2. The van der Waals surface area contributed by atoms with Gasteiger partial charge >= 0.3 is 0 Å². The molecule has 11 nitrogen and oxygen atoms in total. The summed E-state index contributed by atoms with van der Waals surface area (Å²) in [4.78, 5) is 26.8. The van der Waals surface area contributed by atoms with Crippen LogP contribution in [0.2, 0.25) is 0 Å².